The Morgan fingerprint density at radius 2 is 1.94 bits per heavy atom. The zero-order valence-corrected chi connectivity index (χ0v) is 16.3. The van der Waals surface area contributed by atoms with Crippen LogP contribution in [0.2, 0.25) is 0 Å². The molecule has 1 aromatic rings. The molecule has 1 heterocycles. The summed E-state index contributed by atoms with van der Waals surface area (Å²) >= 11 is 0. The molecule has 1 aliphatic rings. The van der Waals surface area contributed by atoms with Crippen LogP contribution in [0, 0.1) is 0 Å². The molecule has 0 bridgehead atoms. The number of urea groups is 1. The van der Waals surface area contributed by atoms with E-state index in [9.17, 15) is 36.7 Å². The van der Waals surface area contributed by atoms with Crippen LogP contribution in [-0.4, -0.2) is 69.1 Å². The first kappa shape index (κ1) is 24.6. The van der Waals surface area contributed by atoms with Crippen molar-refractivity contribution in [2.75, 3.05) is 36.5 Å². The summed E-state index contributed by atoms with van der Waals surface area (Å²) in [4.78, 5) is 48.5. The summed E-state index contributed by atoms with van der Waals surface area (Å²) in [5, 5.41) is 5.71. The predicted octanol–water partition coefficient (Wildman–Crippen LogP) is 0.00790. The van der Waals surface area contributed by atoms with E-state index in [4.69, 9.17) is 10.5 Å². The van der Waals surface area contributed by atoms with E-state index >= 15 is 0 Å². The minimum Gasteiger partial charge on any atom is -0.433 e. The lowest BCUT2D eigenvalue weighted by atomic mass is 10.2. The van der Waals surface area contributed by atoms with Crippen molar-refractivity contribution in [3.05, 3.63) is 18.2 Å². The van der Waals surface area contributed by atoms with Gasteiger partial charge >= 0.3 is 12.6 Å². The van der Waals surface area contributed by atoms with Crippen molar-refractivity contribution in [2.24, 2.45) is 5.73 Å². The van der Waals surface area contributed by atoms with E-state index in [2.05, 4.69) is 10.1 Å². The lowest BCUT2D eigenvalue weighted by molar-refractivity contribution is -0.128. The number of hydrogen-bond acceptors (Lipinski definition) is 6. The highest BCUT2D eigenvalue weighted by molar-refractivity contribution is 6.11. The van der Waals surface area contributed by atoms with Gasteiger partial charge in [-0.25, -0.2) is 13.6 Å². The molecule has 0 spiro atoms. The van der Waals surface area contributed by atoms with E-state index < -0.39 is 55.1 Å². The fourth-order valence-electron chi connectivity index (χ4n) is 2.61. The summed E-state index contributed by atoms with van der Waals surface area (Å²) in [6, 6.07) is 0.193. The number of nitrogens with two attached hydrogens (primary N) is 1. The van der Waals surface area contributed by atoms with Crippen molar-refractivity contribution in [3.63, 3.8) is 0 Å². The molecule has 1 aromatic carbocycles. The highest BCUT2D eigenvalue weighted by atomic mass is 19.3. The second-order valence-corrected chi connectivity index (χ2v) is 6.23. The number of amides is 5. The second-order valence-electron chi connectivity index (χ2n) is 6.23. The van der Waals surface area contributed by atoms with Crippen LogP contribution in [0.3, 0.4) is 0 Å². The average molecular weight is 465 g/mol. The second kappa shape index (κ2) is 11.1. The first-order chi connectivity index (χ1) is 15.1. The van der Waals surface area contributed by atoms with Gasteiger partial charge < -0.3 is 36.1 Å². The summed E-state index contributed by atoms with van der Waals surface area (Å²) < 4.78 is 59.4. The molecule has 0 aromatic heterocycles. The predicted molar refractivity (Wildman–Crippen MR) is 100 cm³/mol. The van der Waals surface area contributed by atoms with E-state index in [1.54, 1.807) is 5.32 Å². The third-order valence-electron chi connectivity index (χ3n) is 3.96. The standard InChI is InChI=1S/C17H19F4N5O6/c18-11(19)6-23-17(30)25-13(14(22)28)15(29)24-8-1-2-9(10(5-8)32-16(20)21)26-3-4-31-7-12(26)27/h1-2,5,11,13,16H,3-4,6-7H2,(H2,22,28)(H,24,29)(H2,23,25,30)/t13-/m0/s1. The minimum absolute atomic E-state index is 0.00690. The number of morpholine rings is 1. The summed E-state index contributed by atoms with van der Waals surface area (Å²) in [5.41, 5.74) is 4.91. The zero-order valence-electron chi connectivity index (χ0n) is 16.3. The Morgan fingerprint density at radius 3 is 2.53 bits per heavy atom. The molecule has 2 rings (SSSR count). The monoisotopic (exact) mass is 465 g/mol. The molecule has 1 saturated heterocycles. The van der Waals surface area contributed by atoms with Gasteiger partial charge in [-0.15, -0.1) is 0 Å². The smallest absolute Gasteiger partial charge is 0.387 e. The van der Waals surface area contributed by atoms with Gasteiger partial charge in [0.2, 0.25) is 5.91 Å². The van der Waals surface area contributed by atoms with Gasteiger partial charge in [-0.2, -0.15) is 8.78 Å². The molecular formula is C17H19F4N5O6. The molecule has 15 heteroatoms. The minimum atomic E-state index is -3.26. The third-order valence-corrected chi connectivity index (χ3v) is 3.96. The first-order valence-electron chi connectivity index (χ1n) is 8.98. The Bertz CT molecular complexity index is 872. The molecule has 0 unspecified atom stereocenters. The molecule has 0 saturated carbocycles. The summed E-state index contributed by atoms with van der Waals surface area (Å²) in [7, 11) is 0. The van der Waals surface area contributed by atoms with E-state index in [0.717, 1.165) is 11.0 Å². The van der Waals surface area contributed by atoms with Crippen LogP contribution < -0.4 is 31.3 Å². The van der Waals surface area contributed by atoms with Crippen LogP contribution in [-0.2, 0) is 19.1 Å². The van der Waals surface area contributed by atoms with E-state index in [0.29, 0.717) is 0 Å². The van der Waals surface area contributed by atoms with Gasteiger partial charge in [0.25, 0.3) is 18.2 Å². The molecule has 1 aliphatic heterocycles. The van der Waals surface area contributed by atoms with Crippen molar-refractivity contribution < 1.29 is 46.2 Å². The van der Waals surface area contributed by atoms with Crippen molar-refractivity contribution in [1.29, 1.82) is 0 Å². The van der Waals surface area contributed by atoms with Crippen molar-refractivity contribution in [2.45, 2.75) is 19.1 Å². The summed E-state index contributed by atoms with van der Waals surface area (Å²) in [6.45, 7) is -4.31. The normalized spacial score (nSPS) is 14.8. The molecule has 5 N–H and O–H groups in total. The maximum Gasteiger partial charge on any atom is 0.387 e. The summed E-state index contributed by atoms with van der Waals surface area (Å²) in [5.74, 6) is -3.44. The highest BCUT2D eigenvalue weighted by Crippen LogP contribution is 2.33. The molecule has 5 amide bonds. The largest absolute Gasteiger partial charge is 0.433 e. The molecule has 32 heavy (non-hydrogen) atoms. The van der Waals surface area contributed by atoms with Gasteiger partial charge in [0, 0.05) is 18.3 Å². The van der Waals surface area contributed by atoms with Crippen molar-refractivity contribution >= 4 is 35.1 Å². The number of carbonyl (C=O) groups is 4. The fraction of sp³-hybridized carbons (Fsp3) is 0.412. The molecular weight excluding hydrogens is 446 g/mol. The van der Waals surface area contributed by atoms with E-state index in [1.165, 1.54) is 12.1 Å². The SMILES string of the molecule is NC(=O)[C@H](NC(=O)NCC(F)F)C(=O)Nc1ccc(N2CCOCC2=O)c(OC(F)F)c1. The van der Waals surface area contributed by atoms with Gasteiger partial charge in [0.15, 0.2) is 11.8 Å². The van der Waals surface area contributed by atoms with E-state index in [1.807, 2.05) is 5.32 Å². The maximum absolute atomic E-state index is 12.9. The Balaban J connectivity index is 2.18. The molecule has 176 valence electrons. The lowest BCUT2D eigenvalue weighted by Gasteiger charge is -2.28. The topological polar surface area (TPSA) is 152 Å². The van der Waals surface area contributed by atoms with Crippen molar-refractivity contribution in [3.8, 4) is 5.75 Å². The summed E-state index contributed by atoms with van der Waals surface area (Å²) in [6.07, 6.45) is -2.87. The Hall–Kier alpha value is -3.62. The number of carbonyl (C=O) groups excluding carboxylic acids is 4. The number of ether oxygens (including phenoxy) is 2. The molecule has 0 radical (unpaired) electrons. The quantitative estimate of drug-likeness (QED) is 0.298. The number of halogens is 4. The van der Waals surface area contributed by atoms with Gasteiger partial charge in [0.05, 0.1) is 18.8 Å². The number of anilines is 2. The number of nitrogens with zero attached hydrogens (tertiary/aromatic N) is 1. The van der Waals surface area contributed by atoms with Crippen LogP contribution in [0.4, 0.5) is 33.7 Å². The van der Waals surface area contributed by atoms with Crippen LogP contribution in [0.5, 0.6) is 5.75 Å². The number of primary amides is 1. The molecule has 11 nitrogen and oxygen atoms in total. The number of benzene rings is 1. The van der Waals surface area contributed by atoms with Gasteiger partial charge in [0.1, 0.15) is 6.61 Å². The van der Waals surface area contributed by atoms with Crippen LogP contribution in [0.1, 0.15) is 0 Å². The van der Waals surface area contributed by atoms with Crippen LogP contribution >= 0.6 is 0 Å². The van der Waals surface area contributed by atoms with Gasteiger partial charge in [-0.1, -0.05) is 0 Å². The Kier molecular flexibility index (Phi) is 8.57. The first-order valence-corrected chi connectivity index (χ1v) is 8.98. The zero-order chi connectivity index (χ0) is 23.8. The molecule has 0 aliphatic carbocycles. The third kappa shape index (κ3) is 6.97. The lowest BCUT2D eigenvalue weighted by Crippen LogP contribution is -2.54. The number of nitrogens with one attached hydrogen (secondary N) is 3. The van der Waals surface area contributed by atoms with Crippen LogP contribution in [0.25, 0.3) is 0 Å². The van der Waals surface area contributed by atoms with Crippen LogP contribution in [0.15, 0.2) is 18.2 Å². The number of hydrogen-bond donors (Lipinski definition) is 4. The Morgan fingerprint density at radius 1 is 1.22 bits per heavy atom. The highest BCUT2D eigenvalue weighted by Gasteiger charge is 2.28. The fourth-order valence-corrected chi connectivity index (χ4v) is 2.61. The van der Waals surface area contributed by atoms with E-state index in [-0.39, 0.29) is 31.1 Å². The van der Waals surface area contributed by atoms with Crippen molar-refractivity contribution in [1.82, 2.24) is 10.6 Å². The average Bonchev–Trinajstić information content (AvgIpc) is 2.70. The Labute approximate surface area is 178 Å². The van der Waals surface area contributed by atoms with Gasteiger partial charge in [-0.3, -0.25) is 14.4 Å². The number of alkyl halides is 4. The number of rotatable bonds is 9. The maximum atomic E-state index is 12.9. The van der Waals surface area contributed by atoms with Gasteiger partial charge in [-0.05, 0) is 12.1 Å². The molecule has 1 fully saturated rings. The molecule has 1 atom stereocenters.